The first-order chi connectivity index (χ1) is 4.35. The van der Waals surface area contributed by atoms with Crippen molar-refractivity contribution in [3.63, 3.8) is 0 Å². The summed E-state index contributed by atoms with van der Waals surface area (Å²) in [6, 6.07) is 0. The summed E-state index contributed by atoms with van der Waals surface area (Å²) in [5.41, 5.74) is -0.120. The summed E-state index contributed by atoms with van der Waals surface area (Å²) in [4.78, 5) is 0. The quantitative estimate of drug-likeness (QED) is 0.440. The molecule has 2 aliphatic heterocycles. The fourth-order valence-electron chi connectivity index (χ4n) is 1.79. The average Bonchev–Trinajstić information content (AvgIpc) is 2.46. The highest BCUT2D eigenvalue weighted by Crippen LogP contribution is 2.42. The third-order valence-electron chi connectivity index (χ3n) is 2.40. The summed E-state index contributed by atoms with van der Waals surface area (Å²) >= 11 is 0. The van der Waals surface area contributed by atoms with Gasteiger partial charge < -0.3 is 4.74 Å². The zero-order valence-corrected chi connectivity index (χ0v) is 5.39. The molecule has 0 radical (unpaired) electrons. The SMILES string of the molecule is C#CC12CCC(CC1)O2. The molecule has 0 aliphatic carbocycles. The summed E-state index contributed by atoms with van der Waals surface area (Å²) in [6.07, 6.45) is 10.4. The first-order valence-electron chi connectivity index (χ1n) is 3.50. The summed E-state index contributed by atoms with van der Waals surface area (Å²) in [6.45, 7) is 0. The van der Waals surface area contributed by atoms with Crippen molar-refractivity contribution in [3.8, 4) is 12.3 Å². The second-order valence-corrected chi connectivity index (χ2v) is 2.96. The second-order valence-electron chi connectivity index (χ2n) is 2.96. The normalized spacial score (nSPS) is 47.2. The molecule has 0 spiro atoms. The van der Waals surface area contributed by atoms with Crippen LogP contribution < -0.4 is 0 Å². The second kappa shape index (κ2) is 1.52. The predicted octanol–water partition coefficient (Wildman–Crippen LogP) is 1.33. The molecule has 0 atom stereocenters. The Balaban J connectivity index is 2.25. The number of fused-ring (bicyclic) bond motifs is 2. The van der Waals surface area contributed by atoms with Crippen LogP contribution in [0.3, 0.4) is 0 Å². The van der Waals surface area contributed by atoms with Crippen LogP contribution in [0, 0.1) is 12.3 Å². The Bertz CT molecular complexity index is 158. The van der Waals surface area contributed by atoms with Gasteiger partial charge in [-0.3, -0.25) is 0 Å². The summed E-state index contributed by atoms with van der Waals surface area (Å²) in [7, 11) is 0. The molecule has 0 amide bonds. The summed E-state index contributed by atoms with van der Waals surface area (Å²) in [5.74, 6) is 2.75. The van der Waals surface area contributed by atoms with E-state index in [0.717, 1.165) is 12.8 Å². The van der Waals surface area contributed by atoms with Gasteiger partial charge in [0.1, 0.15) is 5.60 Å². The largest absolute Gasteiger partial charge is 0.359 e. The first-order valence-corrected chi connectivity index (χ1v) is 3.50. The van der Waals surface area contributed by atoms with Crippen LogP contribution in [-0.2, 0) is 4.74 Å². The lowest BCUT2D eigenvalue weighted by molar-refractivity contribution is 0.0577. The Morgan fingerprint density at radius 3 is 2.33 bits per heavy atom. The molecule has 0 saturated carbocycles. The Hall–Kier alpha value is -0.480. The molecular formula is C8H10O. The Morgan fingerprint density at radius 2 is 2.11 bits per heavy atom. The molecular weight excluding hydrogens is 112 g/mol. The number of terminal acetylenes is 1. The van der Waals surface area contributed by atoms with Crippen molar-refractivity contribution in [1.82, 2.24) is 0 Å². The van der Waals surface area contributed by atoms with E-state index in [9.17, 15) is 0 Å². The molecule has 0 aromatic heterocycles. The fraction of sp³-hybridized carbons (Fsp3) is 0.750. The van der Waals surface area contributed by atoms with Crippen LogP contribution in [0.15, 0.2) is 0 Å². The van der Waals surface area contributed by atoms with Gasteiger partial charge in [0.15, 0.2) is 0 Å². The topological polar surface area (TPSA) is 9.23 Å². The molecule has 2 saturated heterocycles. The lowest BCUT2D eigenvalue weighted by atomic mass is 9.89. The van der Waals surface area contributed by atoms with Gasteiger partial charge in [-0.25, -0.2) is 0 Å². The maximum Gasteiger partial charge on any atom is 0.128 e. The minimum absolute atomic E-state index is 0.120. The van der Waals surface area contributed by atoms with Crippen molar-refractivity contribution in [2.24, 2.45) is 0 Å². The van der Waals surface area contributed by atoms with Crippen LogP contribution in [0.4, 0.5) is 0 Å². The van der Waals surface area contributed by atoms with Crippen LogP contribution in [0.1, 0.15) is 25.7 Å². The van der Waals surface area contributed by atoms with Crippen molar-refractivity contribution in [1.29, 1.82) is 0 Å². The molecule has 48 valence electrons. The van der Waals surface area contributed by atoms with Crippen LogP contribution in [-0.4, -0.2) is 11.7 Å². The molecule has 2 heterocycles. The molecule has 2 fully saturated rings. The van der Waals surface area contributed by atoms with Gasteiger partial charge >= 0.3 is 0 Å². The third-order valence-corrected chi connectivity index (χ3v) is 2.40. The molecule has 0 aromatic rings. The van der Waals surface area contributed by atoms with Gasteiger partial charge in [0.2, 0.25) is 0 Å². The zero-order valence-electron chi connectivity index (χ0n) is 5.39. The van der Waals surface area contributed by atoms with Crippen molar-refractivity contribution in [2.75, 3.05) is 0 Å². The van der Waals surface area contributed by atoms with E-state index in [1.54, 1.807) is 0 Å². The highest BCUT2D eigenvalue weighted by Gasteiger charge is 2.44. The van der Waals surface area contributed by atoms with E-state index in [1.165, 1.54) is 12.8 Å². The van der Waals surface area contributed by atoms with Crippen molar-refractivity contribution in [3.05, 3.63) is 0 Å². The lowest BCUT2D eigenvalue weighted by Gasteiger charge is -2.15. The first kappa shape index (κ1) is 5.32. The van der Waals surface area contributed by atoms with E-state index in [4.69, 9.17) is 11.2 Å². The molecule has 9 heavy (non-hydrogen) atoms. The summed E-state index contributed by atoms with van der Waals surface area (Å²) < 4.78 is 5.57. The molecule has 0 N–H and O–H groups in total. The molecule has 0 aromatic carbocycles. The minimum atomic E-state index is -0.120. The van der Waals surface area contributed by atoms with Crippen molar-refractivity contribution >= 4 is 0 Å². The smallest absolute Gasteiger partial charge is 0.128 e. The molecule has 0 unspecified atom stereocenters. The van der Waals surface area contributed by atoms with Crippen LogP contribution in [0.25, 0.3) is 0 Å². The van der Waals surface area contributed by atoms with E-state index in [1.807, 2.05) is 0 Å². The van der Waals surface area contributed by atoms with E-state index in [0.29, 0.717) is 6.10 Å². The number of ether oxygens (including phenoxy) is 1. The van der Waals surface area contributed by atoms with E-state index in [-0.39, 0.29) is 5.60 Å². The third kappa shape index (κ3) is 0.601. The van der Waals surface area contributed by atoms with Crippen LogP contribution in [0.2, 0.25) is 0 Å². The Kier molecular flexibility index (Phi) is 0.896. The minimum Gasteiger partial charge on any atom is -0.359 e. The molecule has 2 aliphatic rings. The van der Waals surface area contributed by atoms with Gasteiger partial charge in [0, 0.05) is 0 Å². The molecule has 1 nitrogen and oxygen atoms in total. The van der Waals surface area contributed by atoms with Gasteiger partial charge in [-0.15, -0.1) is 6.42 Å². The Labute approximate surface area is 55.4 Å². The summed E-state index contributed by atoms with van der Waals surface area (Å²) in [5, 5.41) is 0. The van der Waals surface area contributed by atoms with E-state index in [2.05, 4.69) is 5.92 Å². The lowest BCUT2D eigenvalue weighted by Crippen LogP contribution is -2.20. The maximum absolute atomic E-state index is 5.57. The number of hydrogen-bond donors (Lipinski definition) is 0. The van der Waals surface area contributed by atoms with Gasteiger partial charge in [0.05, 0.1) is 6.10 Å². The monoisotopic (exact) mass is 122 g/mol. The fourth-order valence-corrected chi connectivity index (χ4v) is 1.79. The predicted molar refractivity (Wildman–Crippen MR) is 34.9 cm³/mol. The van der Waals surface area contributed by atoms with Crippen LogP contribution >= 0.6 is 0 Å². The highest BCUT2D eigenvalue weighted by atomic mass is 16.5. The van der Waals surface area contributed by atoms with E-state index < -0.39 is 0 Å². The highest BCUT2D eigenvalue weighted by molar-refractivity contribution is 5.15. The number of rotatable bonds is 0. The molecule has 1 heteroatoms. The zero-order chi connectivity index (χ0) is 6.32. The Morgan fingerprint density at radius 1 is 1.44 bits per heavy atom. The standard InChI is InChI=1S/C8H10O/c1-2-8-5-3-7(9-8)4-6-8/h1,7H,3-6H2. The average molecular weight is 122 g/mol. The van der Waals surface area contributed by atoms with Crippen molar-refractivity contribution < 1.29 is 4.74 Å². The van der Waals surface area contributed by atoms with Gasteiger partial charge in [-0.1, -0.05) is 5.92 Å². The van der Waals surface area contributed by atoms with Crippen molar-refractivity contribution in [2.45, 2.75) is 37.4 Å². The molecule has 2 bridgehead atoms. The van der Waals surface area contributed by atoms with E-state index >= 15 is 0 Å². The van der Waals surface area contributed by atoms with Gasteiger partial charge in [-0.2, -0.15) is 0 Å². The van der Waals surface area contributed by atoms with Gasteiger partial charge in [-0.05, 0) is 25.7 Å². The molecule has 2 rings (SSSR count). The van der Waals surface area contributed by atoms with Crippen LogP contribution in [0.5, 0.6) is 0 Å². The maximum atomic E-state index is 5.57. The number of hydrogen-bond acceptors (Lipinski definition) is 1. The van der Waals surface area contributed by atoms with Gasteiger partial charge in [0.25, 0.3) is 0 Å².